The van der Waals surface area contributed by atoms with Crippen LogP contribution in [0, 0.1) is 13.8 Å². The van der Waals surface area contributed by atoms with Crippen LogP contribution in [-0.4, -0.2) is 50.5 Å². The third-order valence-electron chi connectivity index (χ3n) is 3.84. The Morgan fingerprint density at radius 3 is 2.67 bits per heavy atom. The topological polar surface area (TPSA) is 80.9 Å². The fourth-order valence-electron chi connectivity index (χ4n) is 2.37. The van der Waals surface area contributed by atoms with Crippen molar-refractivity contribution in [3.05, 3.63) is 17.3 Å². The van der Waals surface area contributed by atoms with Gasteiger partial charge in [0.2, 0.25) is 5.89 Å². The second kappa shape index (κ2) is 11.6. The van der Waals surface area contributed by atoms with E-state index >= 15 is 0 Å². The molecule has 138 valence electrons. The number of aromatic nitrogens is 1. The average molecular weight is 452 g/mol. The van der Waals surface area contributed by atoms with Gasteiger partial charge in [0.25, 0.3) is 0 Å². The predicted octanol–water partition coefficient (Wildman–Crippen LogP) is 2.16. The largest absolute Gasteiger partial charge is 0.444 e. The van der Waals surface area contributed by atoms with E-state index in [-0.39, 0.29) is 24.0 Å². The minimum Gasteiger partial charge on any atom is -0.444 e. The lowest BCUT2D eigenvalue weighted by Gasteiger charge is -2.22. The number of nitrogens with one attached hydrogen (secondary N) is 2. The molecular formula is C16H29IN4O3. The Labute approximate surface area is 161 Å². The van der Waals surface area contributed by atoms with Crippen LogP contribution in [0.3, 0.4) is 0 Å². The molecule has 1 saturated heterocycles. The highest BCUT2D eigenvalue weighted by molar-refractivity contribution is 14.0. The zero-order chi connectivity index (χ0) is 16.5. The molecule has 2 N–H and O–H groups in total. The minimum atomic E-state index is 0. The first-order chi connectivity index (χ1) is 11.2. The molecule has 0 aliphatic carbocycles. The molecule has 1 aliphatic heterocycles. The van der Waals surface area contributed by atoms with Crippen molar-refractivity contribution in [2.24, 2.45) is 4.99 Å². The van der Waals surface area contributed by atoms with Crippen molar-refractivity contribution in [3.8, 4) is 0 Å². The molecule has 0 radical (unpaired) electrons. The Bertz CT molecular complexity index is 482. The van der Waals surface area contributed by atoms with Crippen LogP contribution in [-0.2, 0) is 16.0 Å². The van der Waals surface area contributed by atoms with Crippen LogP contribution in [0.1, 0.15) is 36.6 Å². The van der Waals surface area contributed by atoms with Crippen molar-refractivity contribution in [3.63, 3.8) is 0 Å². The standard InChI is InChI=1S/C16H28N4O3.HI/c1-12-13(2)23-15(20-12)11-19-16(17-3)18-7-4-8-22-14-5-9-21-10-6-14;/h14H,4-11H2,1-3H3,(H2,17,18,19);1H. The minimum absolute atomic E-state index is 0. The number of oxazole rings is 1. The van der Waals surface area contributed by atoms with Gasteiger partial charge in [-0.3, -0.25) is 4.99 Å². The first-order valence-electron chi connectivity index (χ1n) is 8.26. The molecule has 0 bridgehead atoms. The highest BCUT2D eigenvalue weighted by Gasteiger charge is 2.13. The number of hydrogen-bond donors (Lipinski definition) is 2. The molecule has 0 atom stereocenters. The molecule has 0 unspecified atom stereocenters. The summed E-state index contributed by atoms with van der Waals surface area (Å²) in [6.07, 6.45) is 3.31. The van der Waals surface area contributed by atoms with Crippen molar-refractivity contribution in [2.75, 3.05) is 33.4 Å². The van der Waals surface area contributed by atoms with E-state index in [0.29, 0.717) is 18.5 Å². The molecule has 0 amide bonds. The lowest BCUT2D eigenvalue weighted by molar-refractivity contribution is -0.0320. The Morgan fingerprint density at radius 2 is 2.04 bits per heavy atom. The van der Waals surface area contributed by atoms with Crippen LogP contribution in [0.15, 0.2) is 9.41 Å². The molecule has 1 aromatic rings. The Kier molecular flexibility index (Phi) is 10.3. The number of aryl methyl sites for hydroxylation is 2. The van der Waals surface area contributed by atoms with E-state index < -0.39 is 0 Å². The van der Waals surface area contributed by atoms with Crippen LogP contribution in [0.25, 0.3) is 0 Å². The van der Waals surface area contributed by atoms with Gasteiger partial charge >= 0.3 is 0 Å². The summed E-state index contributed by atoms with van der Waals surface area (Å²) in [7, 11) is 1.75. The summed E-state index contributed by atoms with van der Waals surface area (Å²) < 4.78 is 16.7. The quantitative estimate of drug-likeness (QED) is 0.286. The molecule has 0 spiro atoms. The fourth-order valence-corrected chi connectivity index (χ4v) is 2.37. The fraction of sp³-hybridized carbons (Fsp3) is 0.750. The zero-order valence-electron chi connectivity index (χ0n) is 14.8. The first kappa shape index (κ1) is 21.2. The molecule has 2 heterocycles. The summed E-state index contributed by atoms with van der Waals surface area (Å²) in [5.41, 5.74) is 0.926. The molecule has 7 nitrogen and oxygen atoms in total. The maximum Gasteiger partial charge on any atom is 0.214 e. The van der Waals surface area contributed by atoms with E-state index in [1.54, 1.807) is 7.05 Å². The second-order valence-electron chi connectivity index (χ2n) is 5.64. The van der Waals surface area contributed by atoms with Crippen LogP contribution < -0.4 is 10.6 Å². The summed E-state index contributed by atoms with van der Waals surface area (Å²) in [5, 5.41) is 6.46. The number of halogens is 1. The van der Waals surface area contributed by atoms with Gasteiger partial charge in [-0.25, -0.2) is 4.98 Å². The molecule has 2 rings (SSSR count). The normalized spacial score (nSPS) is 15.9. The lowest BCUT2D eigenvalue weighted by atomic mass is 10.1. The Hall–Kier alpha value is -0.870. The van der Waals surface area contributed by atoms with E-state index in [4.69, 9.17) is 13.9 Å². The SMILES string of the molecule is CN=C(NCCCOC1CCOCC1)NCc1nc(C)c(C)o1.I. The number of nitrogens with zero attached hydrogens (tertiary/aromatic N) is 2. The van der Waals surface area contributed by atoms with Gasteiger partial charge < -0.3 is 24.5 Å². The number of guanidine groups is 1. The van der Waals surface area contributed by atoms with E-state index in [9.17, 15) is 0 Å². The van der Waals surface area contributed by atoms with Crippen molar-refractivity contribution < 1.29 is 13.9 Å². The Morgan fingerprint density at radius 1 is 1.29 bits per heavy atom. The predicted molar refractivity (Wildman–Crippen MR) is 104 cm³/mol. The summed E-state index contributed by atoms with van der Waals surface area (Å²) >= 11 is 0. The summed E-state index contributed by atoms with van der Waals surface area (Å²) in [4.78, 5) is 8.52. The van der Waals surface area contributed by atoms with Crippen molar-refractivity contribution in [1.29, 1.82) is 0 Å². The first-order valence-corrected chi connectivity index (χ1v) is 8.26. The summed E-state index contributed by atoms with van der Waals surface area (Å²) in [5.74, 6) is 2.27. The van der Waals surface area contributed by atoms with E-state index in [1.807, 2.05) is 13.8 Å². The zero-order valence-corrected chi connectivity index (χ0v) is 17.1. The van der Waals surface area contributed by atoms with Gasteiger partial charge in [-0.1, -0.05) is 0 Å². The summed E-state index contributed by atoms with van der Waals surface area (Å²) in [6, 6.07) is 0. The van der Waals surface area contributed by atoms with Crippen molar-refractivity contribution in [1.82, 2.24) is 15.6 Å². The third kappa shape index (κ3) is 7.35. The second-order valence-corrected chi connectivity index (χ2v) is 5.64. The van der Waals surface area contributed by atoms with E-state index in [1.165, 1.54) is 0 Å². The van der Waals surface area contributed by atoms with Gasteiger partial charge in [-0.2, -0.15) is 0 Å². The van der Waals surface area contributed by atoms with Crippen LogP contribution in [0.4, 0.5) is 0 Å². The molecule has 1 aliphatic rings. The maximum atomic E-state index is 5.84. The molecule has 8 heteroatoms. The highest BCUT2D eigenvalue weighted by atomic mass is 127. The lowest BCUT2D eigenvalue weighted by Crippen LogP contribution is -2.37. The smallest absolute Gasteiger partial charge is 0.214 e. The number of hydrogen-bond acceptors (Lipinski definition) is 5. The number of ether oxygens (including phenoxy) is 2. The van der Waals surface area contributed by atoms with Crippen LogP contribution >= 0.6 is 24.0 Å². The molecule has 1 fully saturated rings. The Balaban J connectivity index is 0.00000288. The van der Waals surface area contributed by atoms with Crippen molar-refractivity contribution in [2.45, 2.75) is 45.8 Å². The van der Waals surface area contributed by atoms with Gasteiger partial charge in [0, 0.05) is 33.4 Å². The van der Waals surface area contributed by atoms with E-state index in [0.717, 1.165) is 63.0 Å². The van der Waals surface area contributed by atoms with Crippen molar-refractivity contribution >= 4 is 29.9 Å². The molecule has 24 heavy (non-hydrogen) atoms. The molecule has 1 aromatic heterocycles. The molecular weight excluding hydrogens is 423 g/mol. The van der Waals surface area contributed by atoms with Gasteiger partial charge in [0.15, 0.2) is 5.96 Å². The maximum absolute atomic E-state index is 5.84. The van der Waals surface area contributed by atoms with Gasteiger partial charge in [0.1, 0.15) is 5.76 Å². The van der Waals surface area contributed by atoms with Gasteiger partial charge in [-0.05, 0) is 33.1 Å². The highest BCUT2D eigenvalue weighted by Crippen LogP contribution is 2.10. The monoisotopic (exact) mass is 452 g/mol. The van der Waals surface area contributed by atoms with Crippen LogP contribution in [0.5, 0.6) is 0 Å². The van der Waals surface area contributed by atoms with E-state index in [2.05, 4.69) is 20.6 Å². The van der Waals surface area contributed by atoms with Gasteiger partial charge in [0.05, 0.1) is 18.3 Å². The van der Waals surface area contributed by atoms with Crippen LogP contribution in [0.2, 0.25) is 0 Å². The average Bonchev–Trinajstić information content (AvgIpc) is 2.89. The summed E-state index contributed by atoms with van der Waals surface area (Å²) in [6.45, 7) is 7.58. The number of rotatable bonds is 7. The number of aliphatic imine (C=N–C) groups is 1. The molecule has 0 saturated carbocycles. The third-order valence-corrected chi connectivity index (χ3v) is 3.84. The van der Waals surface area contributed by atoms with Gasteiger partial charge in [-0.15, -0.1) is 24.0 Å². The molecule has 0 aromatic carbocycles.